The lowest BCUT2D eigenvalue weighted by Gasteiger charge is -2.12. The number of carbonyl (C=O) groups excluding carboxylic acids is 1. The number of nitrogens with zero attached hydrogens (tertiary/aromatic N) is 2. The molecule has 3 rings (SSSR count). The normalized spacial score (nSPS) is 11.5. The van der Waals surface area contributed by atoms with Gasteiger partial charge in [-0.1, -0.05) is 24.3 Å². The first kappa shape index (κ1) is 25.2. The molecule has 0 bridgehead atoms. The molecular formula is C23H23N5O6S. The third-order valence-corrected chi connectivity index (χ3v) is 6.14. The maximum atomic E-state index is 12.8. The van der Waals surface area contributed by atoms with E-state index in [1.807, 2.05) is 0 Å². The summed E-state index contributed by atoms with van der Waals surface area (Å²) >= 11 is 0. The second-order valence-electron chi connectivity index (χ2n) is 7.31. The molecule has 0 radical (unpaired) electrons. The van der Waals surface area contributed by atoms with Crippen molar-refractivity contribution in [3.63, 3.8) is 0 Å². The SMILES string of the molecule is COc1ccccc1NS(=O)(=O)c1ccc(NN=C(C)c2cccc(NC(C)=O)c2)c([N+](=O)[O-])c1. The number of methoxy groups -OCH3 is 1. The number of amides is 1. The third-order valence-electron chi connectivity index (χ3n) is 4.77. The number of nitro benzene ring substituents is 1. The smallest absolute Gasteiger partial charge is 0.295 e. The second kappa shape index (κ2) is 10.7. The summed E-state index contributed by atoms with van der Waals surface area (Å²) in [5, 5.41) is 18.5. The summed E-state index contributed by atoms with van der Waals surface area (Å²) in [6.45, 7) is 3.08. The molecule has 0 spiro atoms. The molecule has 0 aromatic heterocycles. The van der Waals surface area contributed by atoms with Gasteiger partial charge >= 0.3 is 0 Å². The molecule has 0 saturated carbocycles. The quantitative estimate of drug-likeness (QED) is 0.228. The van der Waals surface area contributed by atoms with Crippen LogP contribution in [-0.4, -0.2) is 32.1 Å². The van der Waals surface area contributed by atoms with Crippen molar-refractivity contribution >= 4 is 44.4 Å². The van der Waals surface area contributed by atoms with Gasteiger partial charge in [-0.2, -0.15) is 5.10 Å². The van der Waals surface area contributed by atoms with Gasteiger partial charge in [-0.05, 0) is 48.9 Å². The molecule has 0 aliphatic carbocycles. The first-order valence-electron chi connectivity index (χ1n) is 10.2. The fourth-order valence-corrected chi connectivity index (χ4v) is 4.18. The Balaban J connectivity index is 1.87. The lowest BCUT2D eigenvalue weighted by atomic mass is 10.1. The summed E-state index contributed by atoms with van der Waals surface area (Å²) < 4.78 is 33.2. The standard InChI is InChI=1S/C23H23N5O6S/c1-15(17-7-6-8-18(13-17)24-16(2)29)25-26-20-12-11-19(14-22(20)28(30)31)35(32,33)27-21-9-4-5-10-23(21)34-3/h4-14,26-27H,1-3H3,(H,24,29). The molecule has 0 unspecified atom stereocenters. The van der Waals surface area contributed by atoms with E-state index in [1.165, 1.54) is 32.2 Å². The van der Waals surface area contributed by atoms with Crippen LogP contribution in [-0.2, 0) is 14.8 Å². The minimum Gasteiger partial charge on any atom is -0.495 e. The Labute approximate surface area is 202 Å². The molecule has 3 N–H and O–H groups in total. The number of anilines is 3. The van der Waals surface area contributed by atoms with Crippen LogP contribution < -0.4 is 20.2 Å². The highest BCUT2D eigenvalue weighted by molar-refractivity contribution is 7.92. The van der Waals surface area contributed by atoms with Gasteiger partial charge in [0.05, 0.1) is 28.3 Å². The highest BCUT2D eigenvalue weighted by atomic mass is 32.2. The van der Waals surface area contributed by atoms with E-state index in [-0.39, 0.29) is 22.2 Å². The lowest BCUT2D eigenvalue weighted by molar-refractivity contribution is -0.384. The first-order valence-corrected chi connectivity index (χ1v) is 11.7. The van der Waals surface area contributed by atoms with E-state index < -0.39 is 20.6 Å². The van der Waals surface area contributed by atoms with Crippen molar-refractivity contribution in [3.05, 3.63) is 82.4 Å². The molecule has 0 heterocycles. The molecule has 0 saturated heterocycles. The first-order chi connectivity index (χ1) is 16.6. The predicted molar refractivity (Wildman–Crippen MR) is 133 cm³/mol. The molecule has 0 aliphatic rings. The fraction of sp³-hybridized carbons (Fsp3) is 0.130. The number of benzene rings is 3. The van der Waals surface area contributed by atoms with Crippen LogP contribution in [0.15, 0.2) is 76.7 Å². The van der Waals surface area contributed by atoms with Crippen molar-refractivity contribution in [2.45, 2.75) is 18.7 Å². The lowest BCUT2D eigenvalue weighted by Crippen LogP contribution is -2.14. The minimum atomic E-state index is -4.14. The number of nitro groups is 1. The predicted octanol–water partition coefficient (Wildman–Crippen LogP) is 4.20. The van der Waals surface area contributed by atoms with Gasteiger partial charge in [0, 0.05) is 18.7 Å². The summed E-state index contributed by atoms with van der Waals surface area (Å²) in [4.78, 5) is 21.9. The Bertz CT molecular complexity index is 1410. The van der Waals surface area contributed by atoms with Crippen LogP contribution in [0.2, 0.25) is 0 Å². The number of hydrazone groups is 1. The van der Waals surface area contributed by atoms with Crippen LogP contribution in [0, 0.1) is 10.1 Å². The van der Waals surface area contributed by atoms with E-state index in [0.29, 0.717) is 22.7 Å². The van der Waals surface area contributed by atoms with Crippen molar-refractivity contribution in [2.24, 2.45) is 5.10 Å². The zero-order valence-corrected chi connectivity index (χ0v) is 19.9. The topological polar surface area (TPSA) is 152 Å². The Morgan fingerprint density at radius 3 is 2.43 bits per heavy atom. The summed E-state index contributed by atoms with van der Waals surface area (Å²) in [5.74, 6) is 0.0805. The molecule has 0 aliphatic heterocycles. The molecule has 3 aromatic carbocycles. The molecule has 35 heavy (non-hydrogen) atoms. The number of ether oxygens (including phenoxy) is 1. The van der Waals surface area contributed by atoms with Gasteiger partial charge < -0.3 is 10.1 Å². The van der Waals surface area contributed by atoms with Crippen LogP contribution in [0.4, 0.5) is 22.7 Å². The maximum Gasteiger partial charge on any atom is 0.295 e. The summed E-state index contributed by atoms with van der Waals surface area (Å²) in [5.41, 5.74) is 4.08. The van der Waals surface area contributed by atoms with Gasteiger partial charge in [0.2, 0.25) is 5.91 Å². The van der Waals surface area contributed by atoms with Gasteiger partial charge in [-0.15, -0.1) is 0 Å². The number of rotatable bonds is 9. The van der Waals surface area contributed by atoms with Gasteiger partial charge in [0.1, 0.15) is 11.4 Å². The van der Waals surface area contributed by atoms with Crippen LogP contribution >= 0.6 is 0 Å². The fourth-order valence-electron chi connectivity index (χ4n) is 3.09. The van der Waals surface area contributed by atoms with E-state index in [9.17, 15) is 23.3 Å². The summed E-state index contributed by atoms with van der Waals surface area (Å²) in [6.07, 6.45) is 0. The van der Waals surface area contributed by atoms with Crippen molar-refractivity contribution in [1.82, 2.24) is 0 Å². The number of carbonyl (C=O) groups is 1. The van der Waals surface area contributed by atoms with E-state index in [2.05, 4.69) is 20.6 Å². The average molecular weight is 498 g/mol. The number of sulfonamides is 1. The summed E-state index contributed by atoms with van der Waals surface area (Å²) in [7, 11) is -2.74. The molecule has 0 fully saturated rings. The summed E-state index contributed by atoms with van der Waals surface area (Å²) in [6, 6.07) is 16.8. The van der Waals surface area contributed by atoms with Crippen LogP contribution in [0.1, 0.15) is 19.4 Å². The van der Waals surface area contributed by atoms with E-state index in [0.717, 1.165) is 6.07 Å². The van der Waals surface area contributed by atoms with Gasteiger partial charge in [-0.3, -0.25) is 25.1 Å². The average Bonchev–Trinajstić information content (AvgIpc) is 2.82. The number of hydrogen-bond acceptors (Lipinski definition) is 8. The van der Waals surface area contributed by atoms with Crippen molar-refractivity contribution in [2.75, 3.05) is 22.6 Å². The van der Waals surface area contributed by atoms with Crippen molar-refractivity contribution in [3.8, 4) is 5.75 Å². The van der Waals surface area contributed by atoms with Crippen LogP contribution in [0.3, 0.4) is 0 Å². The van der Waals surface area contributed by atoms with Crippen molar-refractivity contribution < 1.29 is 22.9 Å². The Hall–Kier alpha value is -4.45. The molecule has 3 aromatic rings. The molecule has 0 atom stereocenters. The monoisotopic (exact) mass is 497 g/mol. The Morgan fingerprint density at radius 1 is 1.00 bits per heavy atom. The Morgan fingerprint density at radius 2 is 1.74 bits per heavy atom. The number of nitrogens with one attached hydrogen (secondary N) is 3. The number of para-hydroxylation sites is 2. The van der Waals surface area contributed by atoms with Crippen LogP contribution in [0.5, 0.6) is 5.75 Å². The molecule has 1 amide bonds. The Kier molecular flexibility index (Phi) is 7.66. The van der Waals surface area contributed by atoms with Gasteiger partial charge in [0.25, 0.3) is 15.7 Å². The highest BCUT2D eigenvalue weighted by Gasteiger charge is 2.22. The largest absolute Gasteiger partial charge is 0.495 e. The van der Waals surface area contributed by atoms with Crippen LogP contribution in [0.25, 0.3) is 0 Å². The zero-order chi connectivity index (χ0) is 25.6. The minimum absolute atomic E-state index is 0.00334. The van der Waals surface area contributed by atoms with E-state index in [1.54, 1.807) is 49.4 Å². The molecular weight excluding hydrogens is 474 g/mol. The maximum absolute atomic E-state index is 12.8. The molecule has 182 valence electrons. The molecule has 11 nitrogen and oxygen atoms in total. The van der Waals surface area contributed by atoms with Crippen molar-refractivity contribution in [1.29, 1.82) is 0 Å². The highest BCUT2D eigenvalue weighted by Crippen LogP contribution is 2.30. The van der Waals surface area contributed by atoms with Gasteiger partial charge in [0.15, 0.2) is 0 Å². The third kappa shape index (κ3) is 6.32. The van der Waals surface area contributed by atoms with E-state index >= 15 is 0 Å². The van der Waals surface area contributed by atoms with E-state index in [4.69, 9.17) is 4.74 Å². The van der Waals surface area contributed by atoms with Gasteiger partial charge in [-0.25, -0.2) is 8.42 Å². The second-order valence-corrected chi connectivity index (χ2v) is 9.00. The molecule has 12 heteroatoms. The zero-order valence-electron chi connectivity index (χ0n) is 19.1. The number of hydrogen-bond donors (Lipinski definition) is 3.